The molecule has 1 aliphatic rings. The predicted octanol–water partition coefficient (Wildman–Crippen LogP) is 3.83. The molecular formula is C17H17NO. The molecule has 1 fully saturated rings. The quantitative estimate of drug-likeness (QED) is 0.812. The molecule has 1 aliphatic carbocycles. The molecule has 0 N–H and O–H groups in total. The van der Waals surface area contributed by atoms with E-state index in [0.717, 1.165) is 0 Å². The second kappa shape index (κ2) is 4.30. The highest BCUT2D eigenvalue weighted by atomic mass is 16.1. The number of aromatic nitrogens is 1. The van der Waals surface area contributed by atoms with Gasteiger partial charge in [-0.1, -0.05) is 38.1 Å². The minimum absolute atomic E-state index is 0.196. The molecule has 1 unspecified atom stereocenters. The topological polar surface area (TPSA) is 30.0 Å². The third kappa shape index (κ3) is 1.97. The van der Waals surface area contributed by atoms with Crippen molar-refractivity contribution >= 4 is 5.78 Å². The second-order valence-electron chi connectivity index (χ2n) is 5.76. The number of hydrogen-bond acceptors (Lipinski definition) is 2. The summed E-state index contributed by atoms with van der Waals surface area (Å²) >= 11 is 0. The fourth-order valence-corrected chi connectivity index (χ4v) is 2.75. The lowest BCUT2D eigenvalue weighted by Crippen LogP contribution is -2.43. The van der Waals surface area contributed by atoms with Crippen LogP contribution in [-0.2, 0) is 4.79 Å². The van der Waals surface area contributed by atoms with Gasteiger partial charge in [-0.25, -0.2) is 0 Å². The highest BCUT2D eigenvalue weighted by molar-refractivity contribution is 5.92. The van der Waals surface area contributed by atoms with Crippen molar-refractivity contribution in [1.82, 2.24) is 4.98 Å². The standard InChI is InChI=1S/C17H17NO/c1-17(2)15(11-16(17)19)14-5-3-12(4-6-14)13-7-9-18-10-8-13/h3-10,15H,11H2,1-2H3. The molecule has 1 aromatic carbocycles. The normalized spacial score (nSPS) is 20.9. The van der Waals surface area contributed by atoms with Crippen molar-refractivity contribution in [3.05, 3.63) is 54.4 Å². The molecule has 1 heterocycles. The molecule has 0 radical (unpaired) electrons. The summed E-state index contributed by atoms with van der Waals surface area (Å²) in [6, 6.07) is 12.6. The van der Waals surface area contributed by atoms with Crippen LogP contribution >= 0.6 is 0 Å². The van der Waals surface area contributed by atoms with Gasteiger partial charge >= 0.3 is 0 Å². The highest BCUT2D eigenvalue weighted by Gasteiger charge is 2.47. The van der Waals surface area contributed by atoms with Gasteiger partial charge in [0.2, 0.25) is 0 Å². The number of carbonyl (C=O) groups is 1. The van der Waals surface area contributed by atoms with E-state index in [2.05, 4.69) is 29.2 Å². The van der Waals surface area contributed by atoms with E-state index in [1.807, 2.05) is 26.0 Å². The van der Waals surface area contributed by atoms with Crippen LogP contribution in [0.2, 0.25) is 0 Å². The van der Waals surface area contributed by atoms with Crippen molar-refractivity contribution in [2.24, 2.45) is 5.41 Å². The van der Waals surface area contributed by atoms with Gasteiger partial charge < -0.3 is 0 Å². The first-order valence-corrected chi connectivity index (χ1v) is 6.63. The lowest BCUT2D eigenvalue weighted by molar-refractivity contribution is -0.137. The van der Waals surface area contributed by atoms with Gasteiger partial charge in [-0.05, 0) is 28.8 Å². The van der Waals surface area contributed by atoms with Gasteiger partial charge in [-0.3, -0.25) is 9.78 Å². The summed E-state index contributed by atoms with van der Waals surface area (Å²) in [4.78, 5) is 15.6. The zero-order chi connectivity index (χ0) is 13.5. The summed E-state index contributed by atoms with van der Waals surface area (Å²) in [5, 5.41) is 0. The van der Waals surface area contributed by atoms with Crippen molar-refractivity contribution in [2.75, 3.05) is 0 Å². The Kier molecular flexibility index (Phi) is 2.74. The lowest BCUT2D eigenvalue weighted by Gasteiger charge is -2.42. The number of ketones is 1. The van der Waals surface area contributed by atoms with Crippen molar-refractivity contribution in [1.29, 1.82) is 0 Å². The summed E-state index contributed by atoms with van der Waals surface area (Å²) in [7, 11) is 0. The van der Waals surface area contributed by atoms with E-state index in [4.69, 9.17) is 0 Å². The fraction of sp³-hybridized carbons (Fsp3) is 0.294. The molecule has 19 heavy (non-hydrogen) atoms. The summed E-state index contributed by atoms with van der Waals surface area (Å²) in [5.74, 6) is 0.738. The van der Waals surface area contributed by atoms with E-state index in [1.54, 1.807) is 12.4 Å². The van der Waals surface area contributed by atoms with E-state index in [1.165, 1.54) is 16.7 Å². The van der Waals surface area contributed by atoms with Crippen molar-refractivity contribution in [3.8, 4) is 11.1 Å². The van der Waals surface area contributed by atoms with Gasteiger partial charge in [0.1, 0.15) is 5.78 Å². The van der Waals surface area contributed by atoms with Crippen LogP contribution in [0.1, 0.15) is 31.7 Å². The van der Waals surface area contributed by atoms with E-state index in [0.29, 0.717) is 18.1 Å². The SMILES string of the molecule is CC1(C)C(=O)CC1c1ccc(-c2ccncc2)cc1. The predicted molar refractivity (Wildman–Crippen MR) is 75.8 cm³/mol. The molecule has 1 atom stereocenters. The number of nitrogens with zero attached hydrogens (tertiary/aromatic N) is 1. The molecule has 0 spiro atoms. The molecule has 96 valence electrons. The number of benzene rings is 1. The molecule has 1 aromatic heterocycles. The van der Waals surface area contributed by atoms with Crippen molar-refractivity contribution in [2.45, 2.75) is 26.2 Å². The molecule has 2 nitrogen and oxygen atoms in total. The third-order valence-electron chi connectivity index (χ3n) is 4.31. The maximum Gasteiger partial charge on any atom is 0.139 e. The average Bonchev–Trinajstić information content (AvgIpc) is 2.46. The van der Waals surface area contributed by atoms with Crippen LogP contribution in [0.4, 0.5) is 0 Å². The monoisotopic (exact) mass is 251 g/mol. The lowest BCUT2D eigenvalue weighted by atomic mass is 9.59. The van der Waals surface area contributed by atoms with Crippen LogP contribution in [-0.4, -0.2) is 10.8 Å². The molecule has 2 heteroatoms. The first kappa shape index (κ1) is 12.1. The number of rotatable bonds is 2. The Balaban J connectivity index is 1.87. The molecule has 3 rings (SSSR count). The zero-order valence-corrected chi connectivity index (χ0v) is 11.3. The van der Waals surface area contributed by atoms with E-state index < -0.39 is 0 Å². The van der Waals surface area contributed by atoms with Gasteiger partial charge in [-0.2, -0.15) is 0 Å². The first-order valence-electron chi connectivity index (χ1n) is 6.63. The Hall–Kier alpha value is -1.96. The maximum atomic E-state index is 11.6. The fourth-order valence-electron chi connectivity index (χ4n) is 2.75. The van der Waals surface area contributed by atoms with Crippen LogP contribution in [0.15, 0.2) is 48.8 Å². The molecule has 0 bridgehead atoms. The maximum absolute atomic E-state index is 11.6. The van der Waals surface area contributed by atoms with Crippen molar-refractivity contribution < 1.29 is 4.79 Å². The molecular weight excluding hydrogens is 234 g/mol. The molecule has 1 saturated carbocycles. The summed E-state index contributed by atoms with van der Waals surface area (Å²) < 4.78 is 0. The minimum atomic E-state index is -0.196. The molecule has 0 saturated heterocycles. The van der Waals surface area contributed by atoms with E-state index >= 15 is 0 Å². The van der Waals surface area contributed by atoms with E-state index in [9.17, 15) is 4.79 Å². The van der Waals surface area contributed by atoms with Gasteiger partial charge in [0.05, 0.1) is 0 Å². The largest absolute Gasteiger partial charge is 0.299 e. The van der Waals surface area contributed by atoms with Crippen molar-refractivity contribution in [3.63, 3.8) is 0 Å². The zero-order valence-electron chi connectivity index (χ0n) is 11.3. The Morgan fingerprint density at radius 2 is 1.58 bits per heavy atom. The number of Topliss-reactive ketones (excluding diaryl/α,β-unsaturated/α-hetero) is 1. The summed E-state index contributed by atoms with van der Waals surface area (Å²) in [6.45, 7) is 4.08. The van der Waals surface area contributed by atoms with Crippen LogP contribution < -0.4 is 0 Å². The Morgan fingerprint density at radius 1 is 1.00 bits per heavy atom. The van der Waals surface area contributed by atoms with Gasteiger partial charge in [-0.15, -0.1) is 0 Å². The Morgan fingerprint density at radius 3 is 2.11 bits per heavy atom. The summed E-state index contributed by atoms with van der Waals surface area (Å²) in [6.07, 6.45) is 4.29. The first-order chi connectivity index (χ1) is 9.09. The van der Waals surface area contributed by atoms with Gasteiger partial charge in [0.15, 0.2) is 0 Å². The molecule has 2 aromatic rings. The van der Waals surface area contributed by atoms with Crippen LogP contribution in [0.5, 0.6) is 0 Å². The van der Waals surface area contributed by atoms with E-state index in [-0.39, 0.29) is 5.41 Å². The van der Waals surface area contributed by atoms with Crippen LogP contribution in [0.25, 0.3) is 11.1 Å². The second-order valence-corrected chi connectivity index (χ2v) is 5.76. The summed E-state index contributed by atoms with van der Waals surface area (Å²) in [5.41, 5.74) is 3.43. The van der Waals surface area contributed by atoms with Gasteiger partial charge in [0, 0.05) is 30.1 Å². The van der Waals surface area contributed by atoms with Crippen LogP contribution in [0.3, 0.4) is 0 Å². The minimum Gasteiger partial charge on any atom is -0.299 e. The Bertz CT molecular complexity index is 599. The average molecular weight is 251 g/mol. The van der Waals surface area contributed by atoms with Crippen LogP contribution in [0, 0.1) is 5.41 Å². The Labute approximate surface area is 113 Å². The highest BCUT2D eigenvalue weighted by Crippen LogP contribution is 2.49. The number of hydrogen-bond donors (Lipinski definition) is 0. The molecule has 0 aliphatic heterocycles. The van der Waals surface area contributed by atoms with Gasteiger partial charge in [0.25, 0.3) is 0 Å². The number of pyridine rings is 1. The molecule has 0 amide bonds. The number of carbonyl (C=O) groups excluding carboxylic acids is 1. The third-order valence-corrected chi connectivity index (χ3v) is 4.31. The smallest absolute Gasteiger partial charge is 0.139 e.